The van der Waals surface area contributed by atoms with Gasteiger partial charge in [0.25, 0.3) is 0 Å². The van der Waals surface area contributed by atoms with Crippen LogP contribution in [0.25, 0.3) is 0 Å². The first kappa shape index (κ1) is 27.8. The van der Waals surface area contributed by atoms with Crippen LogP contribution < -0.4 is 0 Å². The number of ether oxygens (including phenoxy) is 2. The van der Waals surface area contributed by atoms with Gasteiger partial charge in [-0.25, -0.2) is 18.4 Å². The third-order valence-corrected chi connectivity index (χ3v) is 7.20. The summed E-state index contributed by atoms with van der Waals surface area (Å²) in [6.07, 6.45) is -0.195. The van der Waals surface area contributed by atoms with Crippen LogP contribution in [-0.4, -0.2) is 32.4 Å². The maximum Gasteiger partial charge on any atom is 0.221 e. The molecule has 4 rings (SSSR count). The summed E-state index contributed by atoms with van der Waals surface area (Å²) < 4.78 is 39.2. The van der Waals surface area contributed by atoms with Crippen LogP contribution in [0, 0.1) is 0 Å². The predicted octanol–water partition coefficient (Wildman–Crippen LogP) is 7.53. The molecule has 0 bridgehead atoms. The second-order valence-corrected chi connectivity index (χ2v) is 11.3. The van der Waals surface area contributed by atoms with Crippen molar-refractivity contribution in [2.75, 3.05) is 0 Å². The Hall–Kier alpha value is -4.23. The van der Waals surface area contributed by atoms with Crippen molar-refractivity contribution in [1.29, 1.82) is 0 Å². The molecule has 0 saturated heterocycles. The molecule has 0 aliphatic heterocycles. The molecule has 0 N–H and O–H groups in total. The van der Waals surface area contributed by atoms with Crippen LogP contribution in [0.5, 0.6) is 0 Å². The van der Waals surface area contributed by atoms with Crippen molar-refractivity contribution >= 4 is 33.0 Å². The van der Waals surface area contributed by atoms with E-state index in [9.17, 15) is 8.42 Å². The molecule has 200 valence electrons. The lowest BCUT2D eigenvalue weighted by Crippen LogP contribution is -2.12. The van der Waals surface area contributed by atoms with Gasteiger partial charge < -0.3 is 9.47 Å². The van der Waals surface area contributed by atoms with E-state index in [1.54, 1.807) is 48.5 Å². The smallest absolute Gasteiger partial charge is 0.221 e. The van der Waals surface area contributed by atoms with Crippen LogP contribution in [0.4, 0.5) is 11.4 Å². The minimum Gasteiger partial charge on any atom is -0.475 e. The molecule has 0 unspecified atom stereocenters. The molecule has 0 aliphatic carbocycles. The molecule has 0 spiro atoms. The molecule has 0 amide bonds. The number of sulfone groups is 1. The van der Waals surface area contributed by atoms with E-state index in [1.807, 2.05) is 88.4 Å². The molecule has 0 aliphatic rings. The Bertz CT molecular complexity index is 1450. The van der Waals surface area contributed by atoms with Crippen LogP contribution in [0.15, 0.2) is 129 Å². The minimum atomic E-state index is -3.85. The zero-order valence-corrected chi connectivity index (χ0v) is 23.3. The van der Waals surface area contributed by atoms with Gasteiger partial charge in [0, 0.05) is 11.1 Å². The monoisotopic (exact) mass is 540 g/mol. The van der Waals surface area contributed by atoms with Gasteiger partial charge in [-0.1, -0.05) is 48.5 Å². The molecule has 6 nitrogen and oxygen atoms in total. The lowest BCUT2D eigenvalue weighted by atomic mass is 10.2. The van der Waals surface area contributed by atoms with Crippen molar-refractivity contribution in [3.05, 3.63) is 120 Å². The molecule has 0 aromatic heterocycles. The van der Waals surface area contributed by atoms with Crippen molar-refractivity contribution in [3.63, 3.8) is 0 Å². The average Bonchev–Trinajstić information content (AvgIpc) is 2.93. The van der Waals surface area contributed by atoms with E-state index in [0.717, 1.165) is 11.1 Å². The maximum atomic E-state index is 13.6. The van der Waals surface area contributed by atoms with Crippen LogP contribution in [0.2, 0.25) is 0 Å². The molecular weight excluding hydrogens is 508 g/mol. The van der Waals surface area contributed by atoms with Gasteiger partial charge in [0.2, 0.25) is 21.6 Å². The first-order valence-corrected chi connectivity index (χ1v) is 14.3. The average molecular weight is 541 g/mol. The van der Waals surface area contributed by atoms with Crippen LogP contribution in [-0.2, 0) is 19.3 Å². The molecule has 7 heteroatoms. The third-order valence-electron chi connectivity index (χ3n) is 5.45. The van der Waals surface area contributed by atoms with Gasteiger partial charge >= 0.3 is 0 Å². The molecule has 0 saturated carbocycles. The zero-order chi connectivity index (χ0) is 27.8. The summed E-state index contributed by atoms with van der Waals surface area (Å²) in [6.45, 7) is 7.68. The predicted molar refractivity (Wildman–Crippen MR) is 156 cm³/mol. The van der Waals surface area contributed by atoms with Gasteiger partial charge in [-0.2, -0.15) is 0 Å². The van der Waals surface area contributed by atoms with Gasteiger partial charge in [0.05, 0.1) is 33.4 Å². The second kappa shape index (κ2) is 12.5. The van der Waals surface area contributed by atoms with E-state index < -0.39 is 9.84 Å². The lowest BCUT2D eigenvalue weighted by molar-refractivity contribution is 0.229. The standard InChI is InChI=1S/C32H32N2O4S/c1-23(2)37-31(25-13-7-5-8-14-25)33-27-17-11-19-29(21-27)39(35,36)30-20-12-18-28(22-30)34-32(38-24(3)4)26-15-9-6-10-16-26/h5-24H,1-4H3/b33-31-,34-32-. The van der Waals surface area contributed by atoms with Gasteiger partial charge in [-0.05, 0) is 88.4 Å². The van der Waals surface area contributed by atoms with Crippen LogP contribution in [0.3, 0.4) is 0 Å². The zero-order valence-electron chi connectivity index (χ0n) is 22.5. The third kappa shape index (κ3) is 7.42. The van der Waals surface area contributed by atoms with E-state index in [1.165, 1.54) is 0 Å². The highest BCUT2D eigenvalue weighted by Crippen LogP contribution is 2.28. The van der Waals surface area contributed by atoms with Crippen molar-refractivity contribution in [3.8, 4) is 0 Å². The van der Waals surface area contributed by atoms with E-state index in [0.29, 0.717) is 23.2 Å². The largest absolute Gasteiger partial charge is 0.475 e. The Morgan fingerprint density at radius 3 is 1.31 bits per heavy atom. The van der Waals surface area contributed by atoms with E-state index in [4.69, 9.17) is 9.47 Å². The van der Waals surface area contributed by atoms with E-state index >= 15 is 0 Å². The maximum absolute atomic E-state index is 13.6. The number of hydrogen-bond donors (Lipinski definition) is 0. The van der Waals surface area contributed by atoms with Gasteiger partial charge in [-0.3, -0.25) is 0 Å². The molecule has 4 aromatic rings. The quantitative estimate of drug-likeness (QED) is 0.171. The normalized spacial score (nSPS) is 12.6. The van der Waals surface area contributed by atoms with Gasteiger partial charge in [0.1, 0.15) is 0 Å². The Morgan fingerprint density at radius 2 is 0.949 bits per heavy atom. The topological polar surface area (TPSA) is 77.3 Å². The summed E-state index contributed by atoms with van der Waals surface area (Å²) in [4.78, 5) is 9.55. The SMILES string of the molecule is CC(C)O/C(=N\c1cccc(S(=O)(=O)c2cccc(/N=C(\OC(C)C)c3ccccc3)c2)c1)c1ccccc1. The molecular formula is C32H32N2O4S. The number of aliphatic imine (C=N–C) groups is 2. The lowest BCUT2D eigenvalue weighted by Gasteiger charge is -2.13. The Kier molecular flexibility index (Phi) is 8.94. The fourth-order valence-corrected chi connectivity index (χ4v) is 5.08. The summed E-state index contributed by atoms with van der Waals surface area (Å²) in [6, 6.07) is 32.1. The fourth-order valence-electron chi connectivity index (χ4n) is 3.74. The number of hydrogen-bond acceptors (Lipinski definition) is 6. The highest BCUT2D eigenvalue weighted by molar-refractivity contribution is 7.91. The highest BCUT2D eigenvalue weighted by atomic mass is 32.2. The van der Waals surface area contributed by atoms with Crippen molar-refractivity contribution < 1.29 is 17.9 Å². The van der Waals surface area contributed by atoms with E-state index in [2.05, 4.69) is 9.98 Å². The Labute approximate surface area is 230 Å². The number of benzene rings is 4. The summed E-state index contributed by atoms with van der Waals surface area (Å²) >= 11 is 0. The highest BCUT2D eigenvalue weighted by Gasteiger charge is 2.19. The number of rotatable bonds is 8. The second-order valence-electron chi connectivity index (χ2n) is 9.40. The fraction of sp³-hybridized carbons (Fsp3) is 0.188. The molecule has 0 heterocycles. The molecule has 0 atom stereocenters. The molecule has 4 aromatic carbocycles. The molecule has 39 heavy (non-hydrogen) atoms. The Balaban J connectivity index is 1.70. The summed E-state index contributed by atoms with van der Waals surface area (Å²) in [5, 5.41) is 0. The van der Waals surface area contributed by atoms with E-state index in [-0.39, 0.29) is 22.0 Å². The minimum absolute atomic E-state index is 0.0976. The summed E-state index contributed by atoms with van der Waals surface area (Å²) in [5.41, 5.74) is 2.56. The number of nitrogens with zero attached hydrogens (tertiary/aromatic N) is 2. The molecule has 0 fully saturated rings. The van der Waals surface area contributed by atoms with Crippen molar-refractivity contribution in [2.45, 2.75) is 49.7 Å². The Morgan fingerprint density at radius 1 is 0.564 bits per heavy atom. The van der Waals surface area contributed by atoms with Crippen molar-refractivity contribution in [1.82, 2.24) is 0 Å². The van der Waals surface area contributed by atoms with Gasteiger partial charge in [-0.15, -0.1) is 0 Å². The van der Waals surface area contributed by atoms with Gasteiger partial charge in [0.15, 0.2) is 0 Å². The summed E-state index contributed by atoms with van der Waals surface area (Å²) in [5.74, 6) is 0.852. The van der Waals surface area contributed by atoms with Crippen LogP contribution >= 0.6 is 0 Å². The van der Waals surface area contributed by atoms with Crippen molar-refractivity contribution in [2.24, 2.45) is 9.98 Å². The molecule has 0 radical (unpaired) electrons. The first-order chi connectivity index (χ1) is 18.7. The summed E-state index contributed by atoms with van der Waals surface area (Å²) in [7, 11) is -3.85. The van der Waals surface area contributed by atoms with Crippen LogP contribution in [0.1, 0.15) is 38.8 Å². The first-order valence-electron chi connectivity index (χ1n) is 12.8.